The molecule has 6 heteroatoms. The Morgan fingerprint density at radius 2 is 2.16 bits per heavy atom. The maximum atomic E-state index is 11.1. The van der Waals surface area contributed by atoms with Crippen molar-refractivity contribution in [2.75, 3.05) is 13.1 Å². The fourth-order valence-corrected chi connectivity index (χ4v) is 2.89. The third-order valence-corrected chi connectivity index (χ3v) is 3.85. The summed E-state index contributed by atoms with van der Waals surface area (Å²) in [6.07, 6.45) is 5.87. The average Bonchev–Trinajstić information content (AvgIpc) is 2.93. The molecule has 6 nitrogen and oxygen atoms in total. The number of rotatable bonds is 10. The first-order valence-corrected chi connectivity index (χ1v) is 8.82. The Morgan fingerprint density at radius 1 is 1.44 bits per heavy atom. The summed E-state index contributed by atoms with van der Waals surface area (Å²) in [6, 6.07) is 1.85. The van der Waals surface area contributed by atoms with Crippen molar-refractivity contribution in [1.82, 2.24) is 15.1 Å². The number of hydrogen-bond donors (Lipinski definition) is 2. The number of allylic oxidation sites excluding steroid dienone is 1. The fraction of sp³-hybridized carbons (Fsp3) is 0.579. The number of aliphatic imine (C=N–C) groups is 1. The van der Waals surface area contributed by atoms with Gasteiger partial charge in [0.1, 0.15) is 12.1 Å². The second kappa shape index (κ2) is 10.7. The highest BCUT2D eigenvalue weighted by molar-refractivity contribution is 6.16. The second-order valence-electron chi connectivity index (χ2n) is 6.90. The number of aryl methyl sites for hydroxylation is 1. The highest BCUT2D eigenvalue weighted by Crippen LogP contribution is 2.13. The van der Waals surface area contributed by atoms with Gasteiger partial charge in [-0.25, -0.2) is 4.99 Å². The molecule has 25 heavy (non-hydrogen) atoms. The summed E-state index contributed by atoms with van der Waals surface area (Å²) in [7, 11) is 1.83. The van der Waals surface area contributed by atoms with Crippen molar-refractivity contribution >= 4 is 17.8 Å². The van der Waals surface area contributed by atoms with Crippen molar-refractivity contribution in [1.29, 1.82) is 5.41 Å². The molecule has 0 amide bonds. The molecule has 1 aromatic rings. The standard InChI is InChI=1S/C19H31N5O/c1-14(2)12-15(3)13-21-9-6-17(8-11-25)19(23-16(4)20)18-7-10-22-24(18)5/h7-8,10-11,14-15,20-21H,6,9,12-13H2,1-5H3/b17-8+,20-16?,23-19+/t15-/m1/s1. The summed E-state index contributed by atoms with van der Waals surface area (Å²) < 4.78 is 1.71. The van der Waals surface area contributed by atoms with Gasteiger partial charge in [-0.15, -0.1) is 0 Å². The Labute approximate surface area is 150 Å². The van der Waals surface area contributed by atoms with Gasteiger partial charge < -0.3 is 5.32 Å². The maximum Gasteiger partial charge on any atom is 0.143 e. The summed E-state index contributed by atoms with van der Waals surface area (Å²) in [5.74, 6) is 1.51. The number of aldehydes is 1. The van der Waals surface area contributed by atoms with Crippen LogP contribution < -0.4 is 5.32 Å². The molecule has 2 N–H and O–H groups in total. The van der Waals surface area contributed by atoms with Crippen molar-refractivity contribution in [3.05, 3.63) is 29.6 Å². The number of nitrogens with one attached hydrogen (secondary N) is 2. The van der Waals surface area contributed by atoms with E-state index in [9.17, 15) is 4.79 Å². The van der Waals surface area contributed by atoms with E-state index in [1.165, 1.54) is 12.5 Å². The van der Waals surface area contributed by atoms with Crippen LogP contribution in [0.25, 0.3) is 0 Å². The minimum absolute atomic E-state index is 0.200. The predicted molar refractivity (Wildman–Crippen MR) is 103 cm³/mol. The Balaban J connectivity index is 2.80. The van der Waals surface area contributed by atoms with Crippen molar-refractivity contribution in [3.8, 4) is 0 Å². The molecule has 1 heterocycles. The van der Waals surface area contributed by atoms with Crippen molar-refractivity contribution in [3.63, 3.8) is 0 Å². The minimum atomic E-state index is 0.200. The lowest BCUT2D eigenvalue weighted by atomic mass is 9.98. The van der Waals surface area contributed by atoms with E-state index >= 15 is 0 Å². The van der Waals surface area contributed by atoms with Crippen molar-refractivity contribution in [2.24, 2.45) is 23.9 Å². The number of carbonyl (C=O) groups excluding carboxylic acids is 1. The molecule has 1 aromatic heterocycles. The van der Waals surface area contributed by atoms with E-state index in [-0.39, 0.29) is 5.84 Å². The smallest absolute Gasteiger partial charge is 0.143 e. The number of carbonyl (C=O) groups is 1. The monoisotopic (exact) mass is 345 g/mol. The third kappa shape index (κ3) is 7.56. The normalized spacial score (nSPS) is 14.0. The summed E-state index contributed by atoms with van der Waals surface area (Å²) in [6.45, 7) is 10.1. The lowest BCUT2D eigenvalue weighted by molar-refractivity contribution is -0.104. The minimum Gasteiger partial charge on any atom is -0.316 e. The summed E-state index contributed by atoms with van der Waals surface area (Å²) in [5, 5.41) is 15.3. The van der Waals surface area contributed by atoms with Crippen LogP contribution in [0.2, 0.25) is 0 Å². The zero-order valence-electron chi connectivity index (χ0n) is 16.0. The molecular formula is C19H31N5O. The van der Waals surface area contributed by atoms with Gasteiger partial charge in [-0.2, -0.15) is 5.10 Å². The third-order valence-electron chi connectivity index (χ3n) is 3.85. The molecule has 0 aliphatic rings. The lowest BCUT2D eigenvalue weighted by Crippen LogP contribution is -2.25. The van der Waals surface area contributed by atoms with E-state index in [4.69, 9.17) is 5.41 Å². The Bertz CT molecular complexity index is 628. The SMILES string of the molecule is CC(=N)/N=C(\C(=C\C=O)CCNC[C@H](C)CC(C)C)c1ccnn1C. The van der Waals surface area contributed by atoms with Gasteiger partial charge >= 0.3 is 0 Å². The van der Waals surface area contributed by atoms with E-state index in [1.54, 1.807) is 17.8 Å². The highest BCUT2D eigenvalue weighted by atomic mass is 16.1. The van der Waals surface area contributed by atoms with Gasteiger partial charge in [-0.05, 0) is 62.4 Å². The molecule has 1 rings (SSSR count). The van der Waals surface area contributed by atoms with Gasteiger partial charge in [-0.1, -0.05) is 20.8 Å². The van der Waals surface area contributed by atoms with Crippen LogP contribution in [0, 0.1) is 17.2 Å². The van der Waals surface area contributed by atoms with Crippen LogP contribution in [-0.4, -0.2) is 40.7 Å². The molecule has 0 aliphatic heterocycles. The fourth-order valence-electron chi connectivity index (χ4n) is 2.89. The Morgan fingerprint density at radius 3 is 2.68 bits per heavy atom. The molecule has 138 valence electrons. The van der Waals surface area contributed by atoms with E-state index in [1.807, 2.05) is 13.1 Å². The van der Waals surface area contributed by atoms with Gasteiger partial charge in [0.2, 0.25) is 0 Å². The second-order valence-corrected chi connectivity index (χ2v) is 6.90. The quantitative estimate of drug-likeness (QED) is 0.225. The largest absolute Gasteiger partial charge is 0.316 e. The predicted octanol–water partition coefficient (Wildman–Crippen LogP) is 2.99. The van der Waals surface area contributed by atoms with Gasteiger partial charge in [0.15, 0.2) is 0 Å². The lowest BCUT2D eigenvalue weighted by Gasteiger charge is -2.16. The first-order chi connectivity index (χ1) is 11.8. The highest BCUT2D eigenvalue weighted by Gasteiger charge is 2.14. The van der Waals surface area contributed by atoms with Crippen LogP contribution in [0.4, 0.5) is 0 Å². The molecular weight excluding hydrogens is 314 g/mol. The number of amidine groups is 1. The van der Waals surface area contributed by atoms with Crippen LogP contribution in [0.15, 0.2) is 28.9 Å². The number of nitrogens with zero attached hydrogens (tertiary/aromatic N) is 3. The first-order valence-electron chi connectivity index (χ1n) is 8.82. The van der Waals surface area contributed by atoms with Gasteiger partial charge in [0.05, 0.1) is 11.4 Å². The van der Waals surface area contributed by atoms with Crippen molar-refractivity contribution in [2.45, 2.75) is 40.5 Å². The molecule has 0 saturated carbocycles. The van der Waals surface area contributed by atoms with E-state index in [0.717, 1.165) is 30.6 Å². The molecule has 0 saturated heterocycles. The molecule has 0 aromatic carbocycles. The molecule has 0 fully saturated rings. The molecule has 0 aliphatic carbocycles. The average molecular weight is 345 g/mol. The van der Waals surface area contributed by atoms with Gasteiger partial charge in [0, 0.05) is 13.2 Å². The van der Waals surface area contributed by atoms with Crippen LogP contribution in [0.3, 0.4) is 0 Å². The Hall–Kier alpha value is -2.08. The summed E-state index contributed by atoms with van der Waals surface area (Å²) in [5.41, 5.74) is 2.25. The topological polar surface area (TPSA) is 83.1 Å². The van der Waals surface area contributed by atoms with Crippen LogP contribution in [0.1, 0.15) is 46.2 Å². The molecule has 0 bridgehead atoms. The van der Waals surface area contributed by atoms with Gasteiger partial charge in [0.25, 0.3) is 0 Å². The first kappa shape index (κ1) is 21.0. The number of aromatic nitrogens is 2. The van der Waals surface area contributed by atoms with Gasteiger partial charge in [-0.3, -0.25) is 14.9 Å². The van der Waals surface area contributed by atoms with Crippen LogP contribution >= 0.6 is 0 Å². The van der Waals surface area contributed by atoms with E-state index in [2.05, 4.69) is 36.2 Å². The summed E-state index contributed by atoms with van der Waals surface area (Å²) in [4.78, 5) is 15.4. The Kier molecular flexibility index (Phi) is 8.99. The van der Waals surface area contributed by atoms with Crippen LogP contribution in [-0.2, 0) is 11.8 Å². The molecule has 1 atom stereocenters. The molecule has 0 radical (unpaired) electrons. The van der Waals surface area contributed by atoms with Crippen LogP contribution in [0.5, 0.6) is 0 Å². The summed E-state index contributed by atoms with van der Waals surface area (Å²) >= 11 is 0. The molecule has 0 spiro atoms. The maximum absolute atomic E-state index is 11.1. The van der Waals surface area contributed by atoms with E-state index in [0.29, 0.717) is 24.0 Å². The molecule has 0 unspecified atom stereocenters. The zero-order valence-corrected chi connectivity index (χ0v) is 16.0. The number of hydrogen-bond acceptors (Lipinski definition) is 4. The zero-order chi connectivity index (χ0) is 18.8. The van der Waals surface area contributed by atoms with E-state index < -0.39 is 0 Å². The van der Waals surface area contributed by atoms with Crippen molar-refractivity contribution < 1.29 is 4.79 Å².